The highest BCUT2D eigenvalue weighted by Crippen LogP contribution is 1.96. The van der Waals surface area contributed by atoms with E-state index in [-0.39, 0.29) is 13.2 Å². The number of amides is 1. The number of rotatable bonds is 4. The number of hydrogen-bond donors (Lipinski definition) is 4. The minimum absolute atomic E-state index is 0.293. The van der Waals surface area contributed by atoms with E-state index in [1.54, 1.807) is 13.8 Å². The molecule has 0 bridgehead atoms. The standard InChI is InChI=1S/C7H16N2O3/c1-7(2,8)6(12)9-5(3-10)4-11/h5,10-11H,3-4,8H2,1-2H3,(H,9,12). The van der Waals surface area contributed by atoms with Crippen LogP contribution in [0.4, 0.5) is 0 Å². The number of aliphatic hydroxyl groups excluding tert-OH is 2. The zero-order valence-corrected chi connectivity index (χ0v) is 7.37. The number of hydrogen-bond acceptors (Lipinski definition) is 4. The molecule has 0 spiro atoms. The van der Waals surface area contributed by atoms with Crippen molar-refractivity contribution in [3.05, 3.63) is 0 Å². The van der Waals surface area contributed by atoms with Gasteiger partial charge in [-0.05, 0) is 13.8 Å². The van der Waals surface area contributed by atoms with Gasteiger partial charge in [0.25, 0.3) is 0 Å². The van der Waals surface area contributed by atoms with Crippen molar-refractivity contribution in [3.8, 4) is 0 Å². The minimum atomic E-state index is -0.984. The molecule has 0 rings (SSSR count). The van der Waals surface area contributed by atoms with Gasteiger partial charge in [0.15, 0.2) is 0 Å². The van der Waals surface area contributed by atoms with E-state index in [4.69, 9.17) is 15.9 Å². The van der Waals surface area contributed by atoms with E-state index in [9.17, 15) is 4.79 Å². The first-order valence-electron chi connectivity index (χ1n) is 3.73. The zero-order chi connectivity index (χ0) is 9.78. The maximum Gasteiger partial charge on any atom is 0.239 e. The summed E-state index contributed by atoms with van der Waals surface area (Å²) in [6, 6.07) is -0.625. The first kappa shape index (κ1) is 11.4. The van der Waals surface area contributed by atoms with Gasteiger partial charge in [0.05, 0.1) is 24.8 Å². The van der Waals surface area contributed by atoms with Crippen molar-refractivity contribution < 1.29 is 15.0 Å². The fraction of sp³-hybridized carbons (Fsp3) is 0.857. The number of aliphatic hydroxyl groups is 2. The normalized spacial score (nSPS) is 11.8. The average Bonchev–Trinajstić information content (AvgIpc) is 1.97. The molecule has 0 atom stereocenters. The molecule has 72 valence electrons. The maximum atomic E-state index is 11.1. The molecule has 0 saturated heterocycles. The number of carbonyl (C=O) groups is 1. The third kappa shape index (κ3) is 3.66. The van der Waals surface area contributed by atoms with Crippen LogP contribution in [0.2, 0.25) is 0 Å². The average molecular weight is 176 g/mol. The van der Waals surface area contributed by atoms with Gasteiger partial charge >= 0.3 is 0 Å². The number of nitrogens with two attached hydrogens (primary N) is 1. The summed E-state index contributed by atoms with van der Waals surface area (Å²) in [5.41, 5.74) is 4.48. The minimum Gasteiger partial charge on any atom is -0.394 e. The predicted molar refractivity (Wildman–Crippen MR) is 44.4 cm³/mol. The number of carbonyl (C=O) groups excluding carboxylic acids is 1. The molecule has 0 unspecified atom stereocenters. The Kier molecular flexibility index (Phi) is 4.16. The maximum absolute atomic E-state index is 11.1. The van der Waals surface area contributed by atoms with Crippen LogP contribution in [-0.4, -0.2) is 40.9 Å². The second kappa shape index (κ2) is 4.39. The summed E-state index contributed by atoms with van der Waals surface area (Å²) in [4.78, 5) is 11.1. The topological polar surface area (TPSA) is 95.6 Å². The first-order chi connectivity index (χ1) is 5.41. The molecule has 0 fully saturated rings. The van der Waals surface area contributed by atoms with Crippen molar-refractivity contribution in [2.24, 2.45) is 5.73 Å². The molecular formula is C7H16N2O3. The second-order valence-electron chi connectivity index (χ2n) is 3.26. The van der Waals surface area contributed by atoms with E-state index < -0.39 is 17.5 Å². The monoisotopic (exact) mass is 176 g/mol. The van der Waals surface area contributed by atoms with E-state index >= 15 is 0 Å². The summed E-state index contributed by atoms with van der Waals surface area (Å²) in [6.07, 6.45) is 0. The van der Waals surface area contributed by atoms with Crippen LogP contribution in [0.3, 0.4) is 0 Å². The third-order valence-electron chi connectivity index (χ3n) is 1.36. The van der Waals surface area contributed by atoms with E-state index in [0.717, 1.165) is 0 Å². The Balaban J connectivity index is 3.99. The molecule has 1 amide bonds. The van der Waals surface area contributed by atoms with Gasteiger partial charge in [-0.25, -0.2) is 0 Å². The SMILES string of the molecule is CC(C)(N)C(=O)NC(CO)CO. The fourth-order valence-corrected chi connectivity index (χ4v) is 0.520. The van der Waals surface area contributed by atoms with Crippen LogP contribution in [0.25, 0.3) is 0 Å². The molecule has 5 N–H and O–H groups in total. The lowest BCUT2D eigenvalue weighted by molar-refractivity contribution is -0.126. The lowest BCUT2D eigenvalue weighted by Crippen LogP contribution is -2.53. The van der Waals surface area contributed by atoms with Gasteiger partial charge in [-0.15, -0.1) is 0 Å². The van der Waals surface area contributed by atoms with Crippen LogP contribution < -0.4 is 11.1 Å². The number of nitrogens with one attached hydrogen (secondary N) is 1. The highest BCUT2D eigenvalue weighted by molar-refractivity contribution is 5.85. The van der Waals surface area contributed by atoms with Crippen LogP contribution in [0.5, 0.6) is 0 Å². The quantitative estimate of drug-likeness (QED) is 0.406. The molecule has 0 aromatic heterocycles. The van der Waals surface area contributed by atoms with Gasteiger partial charge in [0.2, 0.25) is 5.91 Å². The smallest absolute Gasteiger partial charge is 0.239 e. The molecule has 5 nitrogen and oxygen atoms in total. The van der Waals surface area contributed by atoms with Crippen molar-refractivity contribution in [3.63, 3.8) is 0 Å². The van der Waals surface area contributed by atoms with Crippen LogP contribution in [0.1, 0.15) is 13.8 Å². The van der Waals surface area contributed by atoms with Crippen molar-refractivity contribution in [1.82, 2.24) is 5.32 Å². The third-order valence-corrected chi connectivity index (χ3v) is 1.36. The van der Waals surface area contributed by atoms with Crippen LogP contribution in [0.15, 0.2) is 0 Å². The Bertz CT molecular complexity index is 149. The van der Waals surface area contributed by atoms with Crippen LogP contribution >= 0.6 is 0 Å². The largest absolute Gasteiger partial charge is 0.394 e. The van der Waals surface area contributed by atoms with Crippen molar-refractivity contribution in [1.29, 1.82) is 0 Å². The summed E-state index contributed by atoms with van der Waals surface area (Å²) >= 11 is 0. The Morgan fingerprint density at radius 1 is 1.50 bits per heavy atom. The van der Waals surface area contributed by atoms with Crippen LogP contribution in [-0.2, 0) is 4.79 Å². The molecule has 0 aliphatic carbocycles. The van der Waals surface area contributed by atoms with Gasteiger partial charge in [-0.2, -0.15) is 0 Å². The van der Waals surface area contributed by atoms with Gasteiger partial charge in [-0.3, -0.25) is 4.79 Å². The fourth-order valence-electron chi connectivity index (χ4n) is 0.520. The molecule has 5 heteroatoms. The van der Waals surface area contributed by atoms with Crippen molar-refractivity contribution >= 4 is 5.91 Å². The molecule has 0 aromatic carbocycles. The van der Waals surface area contributed by atoms with Gasteiger partial charge in [0, 0.05) is 0 Å². The molecule has 0 aliphatic heterocycles. The van der Waals surface area contributed by atoms with Crippen molar-refractivity contribution in [2.75, 3.05) is 13.2 Å². The highest BCUT2D eigenvalue weighted by atomic mass is 16.3. The van der Waals surface area contributed by atoms with Crippen molar-refractivity contribution in [2.45, 2.75) is 25.4 Å². The predicted octanol–water partition coefficient (Wildman–Crippen LogP) is -1.81. The highest BCUT2D eigenvalue weighted by Gasteiger charge is 2.23. The molecular weight excluding hydrogens is 160 g/mol. The lowest BCUT2D eigenvalue weighted by Gasteiger charge is -2.21. The second-order valence-corrected chi connectivity index (χ2v) is 3.26. The molecule has 0 radical (unpaired) electrons. The summed E-state index contributed by atoms with van der Waals surface area (Å²) in [5.74, 6) is -0.393. The molecule has 0 saturated carbocycles. The zero-order valence-electron chi connectivity index (χ0n) is 7.37. The summed E-state index contributed by atoms with van der Waals surface area (Å²) in [7, 11) is 0. The first-order valence-corrected chi connectivity index (χ1v) is 3.73. The van der Waals surface area contributed by atoms with E-state index in [2.05, 4.69) is 5.32 Å². The van der Waals surface area contributed by atoms with E-state index in [0.29, 0.717) is 0 Å². The lowest BCUT2D eigenvalue weighted by atomic mass is 10.1. The Hall–Kier alpha value is -0.650. The summed E-state index contributed by atoms with van der Waals surface area (Å²) in [5, 5.41) is 19.6. The molecule has 0 heterocycles. The Labute approximate surface area is 71.6 Å². The van der Waals surface area contributed by atoms with Crippen LogP contribution in [0, 0.1) is 0 Å². The summed E-state index contributed by atoms with van der Waals surface area (Å²) < 4.78 is 0. The molecule has 0 aromatic rings. The van der Waals surface area contributed by atoms with Gasteiger partial charge in [-0.1, -0.05) is 0 Å². The Morgan fingerprint density at radius 2 is 1.92 bits per heavy atom. The molecule has 12 heavy (non-hydrogen) atoms. The van der Waals surface area contributed by atoms with Gasteiger partial charge in [0.1, 0.15) is 0 Å². The van der Waals surface area contributed by atoms with Gasteiger partial charge < -0.3 is 21.3 Å². The molecule has 0 aliphatic rings. The summed E-state index contributed by atoms with van der Waals surface area (Å²) in [6.45, 7) is 2.51. The van der Waals surface area contributed by atoms with E-state index in [1.807, 2.05) is 0 Å². The Morgan fingerprint density at radius 3 is 2.17 bits per heavy atom. The van der Waals surface area contributed by atoms with E-state index in [1.165, 1.54) is 0 Å².